The summed E-state index contributed by atoms with van der Waals surface area (Å²) in [7, 11) is 0. The summed E-state index contributed by atoms with van der Waals surface area (Å²) in [6, 6.07) is 3.96. The monoisotopic (exact) mass is 378 g/mol. The molecule has 9 heteroatoms. The molecule has 2 aliphatic rings. The molecule has 1 fully saturated rings. The van der Waals surface area contributed by atoms with Gasteiger partial charge in [0, 0.05) is 25.3 Å². The lowest BCUT2D eigenvalue weighted by atomic mass is 10.1. The van der Waals surface area contributed by atoms with Gasteiger partial charge < -0.3 is 21.3 Å². The SMILES string of the molecule is NC1=CN(c2cn[nH]c2N2CCCC(N)C2)[C@H](c2c(F)cccc2F)S1. The average Bonchev–Trinajstić information content (AvgIpc) is 3.21. The molecular formula is C17H20F2N6S. The molecule has 0 bridgehead atoms. The molecule has 6 nitrogen and oxygen atoms in total. The van der Waals surface area contributed by atoms with Crippen LogP contribution in [-0.2, 0) is 0 Å². The minimum Gasteiger partial charge on any atom is -0.392 e. The molecule has 0 radical (unpaired) electrons. The molecule has 26 heavy (non-hydrogen) atoms. The first-order valence-corrected chi connectivity index (χ1v) is 9.32. The number of hydrogen-bond donors (Lipinski definition) is 3. The molecule has 138 valence electrons. The van der Waals surface area contributed by atoms with Gasteiger partial charge in [0.15, 0.2) is 0 Å². The van der Waals surface area contributed by atoms with Gasteiger partial charge in [-0.1, -0.05) is 17.8 Å². The van der Waals surface area contributed by atoms with Gasteiger partial charge in [-0.05, 0) is 25.0 Å². The molecule has 1 unspecified atom stereocenters. The number of hydrogen-bond acceptors (Lipinski definition) is 6. The molecule has 1 saturated heterocycles. The summed E-state index contributed by atoms with van der Waals surface area (Å²) < 4.78 is 28.7. The smallest absolute Gasteiger partial charge is 0.148 e. The molecular weight excluding hydrogens is 358 g/mol. The quantitative estimate of drug-likeness (QED) is 0.761. The van der Waals surface area contributed by atoms with Gasteiger partial charge in [0.05, 0.1) is 16.8 Å². The van der Waals surface area contributed by atoms with Crippen LogP contribution in [0.2, 0.25) is 0 Å². The van der Waals surface area contributed by atoms with Crippen molar-refractivity contribution in [3.8, 4) is 0 Å². The highest BCUT2D eigenvalue weighted by Gasteiger charge is 2.34. The van der Waals surface area contributed by atoms with E-state index >= 15 is 0 Å². The number of thioether (sulfide) groups is 1. The fraction of sp³-hybridized carbons (Fsp3) is 0.353. The first-order chi connectivity index (χ1) is 12.5. The van der Waals surface area contributed by atoms with E-state index in [4.69, 9.17) is 11.5 Å². The number of anilines is 2. The highest BCUT2D eigenvalue weighted by atomic mass is 32.2. The maximum atomic E-state index is 14.4. The number of nitrogens with one attached hydrogen (secondary N) is 1. The number of nitrogens with two attached hydrogens (primary N) is 2. The number of rotatable bonds is 3. The Hall–Kier alpha value is -2.26. The van der Waals surface area contributed by atoms with Crippen molar-refractivity contribution < 1.29 is 8.78 Å². The van der Waals surface area contributed by atoms with E-state index in [2.05, 4.69) is 15.1 Å². The largest absolute Gasteiger partial charge is 0.392 e. The predicted molar refractivity (Wildman–Crippen MR) is 99.4 cm³/mol. The van der Waals surface area contributed by atoms with Crippen molar-refractivity contribution in [3.05, 3.63) is 52.8 Å². The summed E-state index contributed by atoms with van der Waals surface area (Å²) in [6.45, 7) is 1.55. The molecule has 2 atom stereocenters. The third-order valence-electron chi connectivity index (χ3n) is 4.67. The maximum absolute atomic E-state index is 14.4. The standard InChI is InChI=1S/C17H20F2N6S/c18-11-4-1-5-12(19)15(11)17-25(9-14(21)26-17)13-7-22-23-16(13)24-6-2-3-10(20)8-24/h1,4-5,7,9-10,17H,2-3,6,8,20-21H2,(H,22,23)/t10?,17-/m0/s1. The van der Waals surface area contributed by atoms with Crippen LogP contribution < -0.4 is 21.3 Å². The second-order valence-electron chi connectivity index (χ2n) is 6.50. The van der Waals surface area contributed by atoms with E-state index in [1.54, 1.807) is 17.3 Å². The summed E-state index contributed by atoms with van der Waals surface area (Å²) in [6.07, 6.45) is 5.31. The third kappa shape index (κ3) is 3.01. The Labute approximate surface area is 154 Å². The summed E-state index contributed by atoms with van der Waals surface area (Å²) >= 11 is 1.21. The summed E-state index contributed by atoms with van der Waals surface area (Å²) in [5.41, 5.74) is 12.8. The van der Waals surface area contributed by atoms with Crippen LogP contribution in [0.3, 0.4) is 0 Å². The van der Waals surface area contributed by atoms with Gasteiger partial charge >= 0.3 is 0 Å². The molecule has 1 aromatic carbocycles. The van der Waals surface area contributed by atoms with Gasteiger partial charge in [-0.25, -0.2) is 8.78 Å². The molecule has 4 rings (SSSR count). The number of H-pyrrole nitrogens is 1. The van der Waals surface area contributed by atoms with Crippen molar-refractivity contribution in [1.29, 1.82) is 0 Å². The van der Waals surface area contributed by atoms with Gasteiger partial charge in [0.1, 0.15) is 28.5 Å². The van der Waals surface area contributed by atoms with Gasteiger partial charge in [-0.2, -0.15) is 5.10 Å². The Morgan fingerprint density at radius 1 is 1.27 bits per heavy atom. The minimum atomic E-state index is -0.633. The Kier molecular flexibility index (Phi) is 4.49. The van der Waals surface area contributed by atoms with Crippen molar-refractivity contribution >= 4 is 23.3 Å². The Balaban J connectivity index is 1.71. The van der Waals surface area contributed by atoms with Crippen LogP contribution >= 0.6 is 11.8 Å². The van der Waals surface area contributed by atoms with Crippen molar-refractivity contribution in [3.63, 3.8) is 0 Å². The van der Waals surface area contributed by atoms with E-state index in [-0.39, 0.29) is 11.6 Å². The summed E-state index contributed by atoms with van der Waals surface area (Å²) in [5, 5.41) is 7.00. The number of piperidine rings is 1. The normalized spacial score (nSPS) is 23.4. The number of halogens is 2. The average molecular weight is 378 g/mol. The Morgan fingerprint density at radius 3 is 2.77 bits per heavy atom. The topological polar surface area (TPSA) is 87.2 Å². The van der Waals surface area contributed by atoms with E-state index in [9.17, 15) is 8.78 Å². The van der Waals surface area contributed by atoms with Crippen LogP contribution in [0.25, 0.3) is 0 Å². The molecule has 5 N–H and O–H groups in total. The fourth-order valence-corrected chi connectivity index (χ4v) is 4.53. The van der Waals surface area contributed by atoms with Gasteiger partial charge in [0.25, 0.3) is 0 Å². The van der Waals surface area contributed by atoms with Crippen LogP contribution in [0.1, 0.15) is 23.8 Å². The van der Waals surface area contributed by atoms with Crippen LogP contribution in [0.15, 0.2) is 35.6 Å². The molecule has 0 aliphatic carbocycles. The highest BCUT2D eigenvalue weighted by Crippen LogP contribution is 2.47. The lowest BCUT2D eigenvalue weighted by Crippen LogP contribution is -2.43. The van der Waals surface area contributed by atoms with E-state index in [0.717, 1.165) is 30.9 Å². The summed E-state index contributed by atoms with van der Waals surface area (Å²) in [5.74, 6) is -0.408. The lowest BCUT2D eigenvalue weighted by Gasteiger charge is -2.34. The van der Waals surface area contributed by atoms with Crippen LogP contribution in [0.4, 0.5) is 20.3 Å². The van der Waals surface area contributed by atoms with Crippen molar-refractivity contribution in [1.82, 2.24) is 10.2 Å². The maximum Gasteiger partial charge on any atom is 0.148 e. The zero-order chi connectivity index (χ0) is 18.3. The zero-order valence-electron chi connectivity index (χ0n) is 14.0. The molecule has 2 aromatic rings. The highest BCUT2D eigenvalue weighted by molar-refractivity contribution is 8.03. The van der Waals surface area contributed by atoms with Crippen LogP contribution in [-0.4, -0.2) is 29.3 Å². The Morgan fingerprint density at radius 2 is 2.04 bits per heavy atom. The molecule has 1 aromatic heterocycles. The molecule has 0 spiro atoms. The molecule has 3 heterocycles. The van der Waals surface area contributed by atoms with Gasteiger partial charge in [-0.15, -0.1) is 0 Å². The van der Waals surface area contributed by atoms with E-state index in [0.29, 0.717) is 11.6 Å². The van der Waals surface area contributed by atoms with E-state index in [1.807, 2.05) is 0 Å². The second-order valence-corrected chi connectivity index (χ2v) is 7.65. The van der Waals surface area contributed by atoms with Crippen LogP contribution in [0, 0.1) is 11.6 Å². The predicted octanol–water partition coefficient (Wildman–Crippen LogP) is 2.63. The first kappa shape index (κ1) is 17.2. The number of aromatic nitrogens is 2. The minimum absolute atomic E-state index is 0.0169. The second kappa shape index (κ2) is 6.81. The number of benzene rings is 1. The fourth-order valence-electron chi connectivity index (χ4n) is 3.47. The Bertz CT molecular complexity index is 818. The lowest BCUT2D eigenvalue weighted by molar-refractivity contribution is 0.503. The van der Waals surface area contributed by atoms with Crippen molar-refractivity contribution in [2.75, 3.05) is 22.9 Å². The summed E-state index contributed by atoms with van der Waals surface area (Å²) in [4.78, 5) is 3.89. The third-order valence-corrected chi connectivity index (χ3v) is 5.73. The molecule has 0 saturated carbocycles. The van der Waals surface area contributed by atoms with E-state index in [1.165, 1.54) is 30.0 Å². The van der Waals surface area contributed by atoms with Gasteiger partial charge in [-0.3, -0.25) is 5.10 Å². The number of aromatic amines is 1. The number of nitrogens with zero attached hydrogens (tertiary/aromatic N) is 3. The van der Waals surface area contributed by atoms with E-state index < -0.39 is 17.0 Å². The molecule has 0 amide bonds. The first-order valence-electron chi connectivity index (χ1n) is 8.44. The zero-order valence-corrected chi connectivity index (χ0v) is 14.8. The molecule has 2 aliphatic heterocycles. The van der Waals surface area contributed by atoms with Crippen molar-refractivity contribution in [2.45, 2.75) is 24.3 Å². The van der Waals surface area contributed by atoms with Gasteiger partial charge in [0.2, 0.25) is 0 Å². The van der Waals surface area contributed by atoms with Crippen LogP contribution in [0.5, 0.6) is 0 Å². The van der Waals surface area contributed by atoms with Crippen molar-refractivity contribution in [2.24, 2.45) is 11.5 Å².